The number of hydrogen-bond acceptors (Lipinski definition) is 3. The molecule has 3 aromatic rings. The Balaban J connectivity index is 0.00000176. The zero-order valence-corrected chi connectivity index (χ0v) is 14.9. The van der Waals surface area contributed by atoms with Crippen LogP contribution in [0.5, 0.6) is 0 Å². The van der Waals surface area contributed by atoms with E-state index in [1.807, 2.05) is 30.5 Å². The Morgan fingerprint density at radius 1 is 1.14 bits per heavy atom. The van der Waals surface area contributed by atoms with Gasteiger partial charge in [-0.25, -0.2) is 9.37 Å². The predicted molar refractivity (Wildman–Crippen MR) is 97.3 cm³/mol. The van der Waals surface area contributed by atoms with Gasteiger partial charge in [0.15, 0.2) is 5.13 Å². The summed E-state index contributed by atoms with van der Waals surface area (Å²) >= 11 is 7.60. The summed E-state index contributed by atoms with van der Waals surface area (Å²) in [7, 11) is 0. The average molecular weight is 400 g/mol. The number of nitrogens with zero attached hydrogens (tertiary/aromatic N) is 1. The van der Waals surface area contributed by atoms with Crippen LogP contribution in [0.2, 0.25) is 5.02 Å². The fourth-order valence-corrected chi connectivity index (χ4v) is 2.80. The molecule has 1 N–H and O–H groups in total. The minimum Gasteiger partial charge on any atom is -0.331 e. The van der Waals surface area contributed by atoms with Crippen LogP contribution in [0.4, 0.5) is 15.2 Å². The Morgan fingerprint density at radius 3 is 2.55 bits per heavy atom. The van der Waals surface area contributed by atoms with Crippen molar-refractivity contribution >= 4 is 50.7 Å². The van der Waals surface area contributed by atoms with Gasteiger partial charge in [-0.3, -0.25) is 0 Å². The van der Waals surface area contributed by atoms with E-state index in [0.717, 1.165) is 32.7 Å². The van der Waals surface area contributed by atoms with Crippen molar-refractivity contribution in [1.29, 1.82) is 0 Å². The molecule has 0 unspecified atom stereocenters. The zero-order chi connectivity index (χ0) is 14.8. The van der Waals surface area contributed by atoms with Crippen molar-refractivity contribution in [3.63, 3.8) is 0 Å². The maximum atomic E-state index is 12.9. The molecule has 6 heteroatoms. The van der Waals surface area contributed by atoms with Crippen LogP contribution in [0.3, 0.4) is 0 Å². The summed E-state index contributed by atoms with van der Waals surface area (Å²) in [5.74, 6) is -0.248. The van der Waals surface area contributed by atoms with E-state index in [1.165, 1.54) is 23.5 Å². The quantitative estimate of drug-likeness (QED) is 0.564. The molecule has 2 nitrogen and oxygen atoms in total. The number of benzene rings is 2. The zero-order valence-electron chi connectivity index (χ0n) is 11.6. The van der Waals surface area contributed by atoms with Gasteiger partial charge in [-0.15, -0.1) is 28.3 Å². The summed E-state index contributed by atoms with van der Waals surface area (Å²) in [5, 5.41) is 6.65. The van der Waals surface area contributed by atoms with E-state index in [1.54, 1.807) is 12.1 Å². The fourth-order valence-electron chi connectivity index (χ4n) is 1.88. The molecule has 1 heterocycles. The first-order valence-corrected chi connectivity index (χ1v) is 7.62. The molecule has 0 aliphatic rings. The van der Waals surface area contributed by atoms with Gasteiger partial charge in [-0.1, -0.05) is 17.7 Å². The van der Waals surface area contributed by atoms with Crippen molar-refractivity contribution in [1.82, 2.24) is 4.98 Å². The molecule has 0 aliphatic carbocycles. The molecule has 0 radical (unpaired) electrons. The average Bonchev–Trinajstić information content (AvgIpc) is 2.92. The van der Waals surface area contributed by atoms with Gasteiger partial charge in [-0.05, 0) is 48.9 Å². The molecule has 0 fully saturated rings. The van der Waals surface area contributed by atoms with Gasteiger partial charge < -0.3 is 5.32 Å². The number of aromatic nitrogens is 1. The molecule has 22 heavy (non-hydrogen) atoms. The first-order valence-electron chi connectivity index (χ1n) is 6.36. The van der Waals surface area contributed by atoms with Gasteiger partial charge >= 0.3 is 0 Å². The van der Waals surface area contributed by atoms with Gasteiger partial charge in [0, 0.05) is 21.7 Å². The molecule has 3 rings (SSSR count). The smallest absolute Gasteiger partial charge is 0.187 e. The van der Waals surface area contributed by atoms with Crippen molar-refractivity contribution < 1.29 is 4.39 Å². The molecule has 0 atom stereocenters. The molecule has 0 saturated carbocycles. The lowest BCUT2D eigenvalue weighted by molar-refractivity contribution is 0.628. The molecule has 0 aliphatic heterocycles. The Bertz CT molecular complexity index is 774. The van der Waals surface area contributed by atoms with Crippen LogP contribution in [0, 0.1) is 12.7 Å². The number of aryl methyl sites for hydroxylation is 1. The largest absolute Gasteiger partial charge is 0.331 e. The Morgan fingerprint density at radius 2 is 1.86 bits per heavy atom. The highest BCUT2D eigenvalue weighted by atomic mass is 79.9. The van der Waals surface area contributed by atoms with Gasteiger partial charge in [-0.2, -0.15) is 0 Å². The number of halogens is 3. The highest BCUT2D eigenvalue weighted by Crippen LogP contribution is 2.28. The van der Waals surface area contributed by atoms with Crippen LogP contribution in [0.1, 0.15) is 5.56 Å². The summed E-state index contributed by atoms with van der Waals surface area (Å²) in [4.78, 5) is 4.50. The fraction of sp³-hybridized carbons (Fsp3) is 0.0625. The number of hydrogen-bond donors (Lipinski definition) is 1. The second kappa shape index (κ2) is 7.22. The Hall–Kier alpha value is -1.43. The van der Waals surface area contributed by atoms with E-state index >= 15 is 0 Å². The summed E-state index contributed by atoms with van der Waals surface area (Å²) in [5.41, 5.74) is 3.64. The molecular formula is C16H13BrClFN2S. The number of thiazole rings is 1. The lowest BCUT2D eigenvalue weighted by Gasteiger charge is -2.04. The van der Waals surface area contributed by atoms with Crippen LogP contribution < -0.4 is 5.32 Å². The summed E-state index contributed by atoms with van der Waals surface area (Å²) in [6.45, 7) is 1.96. The van der Waals surface area contributed by atoms with Crippen molar-refractivity contribution in [2.75, 3.05) is 5.32 Å². The highest BCUT2D eigenvalue weighted by molar-refractivity contribution is 8.93. The van der Waals surface area contributed by atoms with Crippen molar-refractivity contribution in [3.05, 3.63) is 64.2 Å². The third kappa shape index (κ3) is 3.85. The Kier molecular flexibility index (Phi) is 5.56. The van der Waals surface area contributed by atoms with Crippen LogP contribution in [0.15, 0.2) is 47.8 Å². The highest BCUT2D eigenvalue weighted by Gasteiger charge is 2.06. The van der Waals surface area contributed by atoms with Crippen molar-refractivity contribution in [2.24, 2.45) is 0 Å². The maximum absolute atomic E-state index is 12.9. The van der Waals surface area contributed by atoms with Crippen molar-refractivity contribution in [2.45, 2.75) is 6.92 Å². The number of anilines is 2. The molecule has 1 aromatic heterocycles. The van der Waals surface area contributed by atoms with Gasteiger partial charge in [0.1, 0.15) is 5.82 Å². The molecule has 114 valence electrons. The van der Waals surface area contributed by atoms with E-state index in [2.05, 4.69) is 10.3 Å². The third-order valence-electron chi connectivity index (χ3n) is 3.07. The second-order valence-electron chi connectivity index (χ2n) is 4.63. The maximum Gasteiger partial charge on any atom is 0.187 e. The molecule has 0 saturated heterocycles. The van der Waals surface area contributed by atoms with Crippen LogP contribution in [-0.2, 0) is 0 Å². The standard InChI is InChI=1S/C16H12ClFN2S.BrH/c1-10-2-7-13(8-14(10)17)19-16-20-15(9-21-16)11-3-5-12(18)6-4-11;/h2-9H,1H3,(H,19,20);1H. The van der Waals surface area contributed by atoms with Crippen molar-refractivity contribution in [3.8, 4) is 11.3 Å². The van der Waals surface area contributed by atoms with Crippen LogP contribution in [0.25, 0.3) is 11.3 Å². The van der Waals surface area contributed by atoms with Gasteiger partial charge in [0.05, 0.1) is 5.69 Å². The molecule has 0 bridgehead atoms. The SMILES string of the molecule is Br.Cc1ccc(Nc2nc(-c3ccc(F)cc3)cs2)cc1Cl. The molecule has 0 amide bonds. The van der Waals surface area contributed by atoms with E-state index in [-0.39, 0.29) is 22.8 Å². The topological polar surface area (TPSA) is 24.9 Å². The number of nitrogens with one attached hydrogen (secondary N) is 1. The van der Waals surface area contributed by atoms with E-state index in [0.29, 0.717) is 0 Å². The molecular weight excluding hydrogens is 387 g/mol. The van der Waals surface area contributed by atoms with E-state index in [9.17, 15) is 4.39 Å². The normalized spacial score (nSPS) is 10.1. The first kappa shape index (κ1) is 16.9. The molecule has 2 aromatic carbocycles. The van der Waals surface area contributed by atoms with Crippen LogP contribution in [-0.4, -0.2) is 4.98 Å². The monoisotopic (exact) mass is 398 g/mol. The Labute approximate surface area is 147 Å². The lowest BCUT2D eigenvalue weighted by Crippen LogP contribution is -1.90. The predicted octanol–water partition coefficient (Wildman–Crippen LogP) is 6.23. The van der Waals surface area contributed by atoms with Gasteiger partial charge in [0.2, 0.25) is 0 Å². The first-order chi connectivity index (χ1) is 10.1. The van der Waals surface area contributed by atoms with Gasteiger partial charge in [0.25, 0.3) is 0 Å². The number of rotatable bonds is 3. The minimum absolute atomic E-state index is 0. The van der Waals surface area contributed by atoms with Crippen LogP contribution >= 0.6 is 39.9 Å². The second-order valence-corrected chi connectivity index (χ2v) is 5.90. The molecule has 0 spiro atoms. The van der Waals surface area contributed by atoms with E-state index in [4.69, 9.17) is 11.6 Å². The summed E-state index contributed by atoms with van der Waals surface area (Å²) in [6, 6.07) is 12.1. The summed E-state index contributed by atoms with van der Waals surface area (Å²) < 4.78 is 12.9. The van der Waals surface area contributed by atoms with E-state index < -0.39 is 0 Å². The lowest BCUT2D eigenvalue weighted by atomic mass is 10.2. The minimum atomic E-state index is -0.248. The summed E-state index contributed by atoms with van der Waals surface area (Å²) in [6.07, 6.45) is 0. The third-order valence-corrected chi connectivity index (χ3v) is 4.23.